The van der Waals surface area contributed by atoms with E-state index < -0.39 is 13.5 Å². The van der Waals surface area contributed by atoms with Crippen LogP contribution in [0.1, 0.15) is 0 Å². The molecule has 1 aromatic rings. The molecule has 0 aliphatic carbocycles. The van der Waals surface area contributed by atoms with Crippen LogP contribution in [0.5, 0.6) is 5.75 Å². The Labute approximate surface area is 91.9 Å². The van der Waals surface area contributed by atoms with Crippen molar-refractivity contribution in [3.05, 3.63) is 30.3 Å². The van der Waals surface area contributed by atoms with Gasteiger partial charge in [-0.15, -0.1) is 0 Å². The fourth-order valence-corrected chi connectivity index (χ4v) is 2.22. The van der Waals surface area contributed by atoms with E-state index in [4.69, 9.17) is 10.5 Å². The quantitative estimate of drug-likeness (QED) is 0.604. The number of benzene rings is 1. The lowest BCUT2D eigenvalue weighted by Gasteiger charge is -2.37. The van der Waals surface area contributed by atoms with Crippen molar-refractivity contribution in [1.29, 1.82) is 0 Å². The molecule has 0 unspecified atom stereocenters. The van der Waals surface area contributed by atoms with E-state index in [1.54, 1.807) is 0 Å². The van der Waals surface area contributed by atoms with E-state index in [1.165, 1.54) is 0 Å². The van der Waals surface area contributed by atoms with Crippen LogP contribution < -0.4 is 10.5 Å². The Morgan fingerprint density at radius 2 is 1.80 bits per heavy atom. The van der Waals surface area contributed by atoms with Crippen molar-refractivity contribution < 1.29 is 9.84 Å². The Morgan fingerprint density at radius 3 is 2.20 bits per heavy atom. The molecule has 15 heavy (non-hydrogen) atoms. The number of para-hydroxylation sites is 1. The van der Waals surface area contributed by atoms with Crippen LogP contribution in [0.2, 0.25) is 19.6 Å². The molecule has 0 aromatic heterocycles. The molecule has 0 fully saturated rings. The van der Waals surface area contributed by atoms with Crippen LogP contribution in [0.4, 0.5) is 0 Å². The molecule has 0 heterocycles. The fraction of sp³-hybridized carbons (Fsp3) is 0.455. The van der Waals surface area contributed by atoms with Crippen LogP contribution in [-0.2, 0) is 0 Å². The lowest BCUT2D eigenvalue weighted by Crippen LogP contribution is -2.61. The molecule has 4 heteroatoms. The van der Waals surface area contributed by atoms with Gasteiger partial charge in [0.2, 0.25) is 0 Å². The summed E-state index contributed by atoms with van der Waals surface area (Å²) in [7, 11) is -1.89. The third-order valence-corrected chi connectivity index (χ3v) is 5.13. The maximum atomic E-state index is 10.3. The van der Waals surface area contributed by atoms with E-state index in [0.717, 1.165) is 0 Å². The Hall–Kier alpha value is -0.843. The molecule has 0 radical (unpaired) electrons. The van der Waals surface area contributed by atoms with Gasteiger partial charge in [0.25, 0.3) is 0 Å². The van der Waals surface area contributed by atoms with Crippen molar-refractivity contribution >= 4 is 8.07 Å². The largest absolute Gasteiger partial charge is 0.465 e. The highest BCUT2D eigenvalue weighted by atomic mass is 28.3. The molecule has 3 nitrogen and oxygen atoms in total. The van der Waals surface area contributed by atoms with E-state index in [0.29, 0.717) is 5.75 Å². The number of rotatable bonds is 4. The number of hydrogen-bond acceptors (Lipinski definition) is 3. The van der Waals surface area contributed by atoms with Gasteiger partial charge in [-0.1, -0.05) is 37.8 Å². The average molecular weight is 225 g/mol. The Bertz CT molecular complexity index is 310. The zero-order valence-corrected chi connectivity index (χ0v) is 10.5. The lowest BCUT2D eigenvalue weighted by molar-refractivity contribution is -0.0637. The van der Waals surface area contributed by atoms with Crippen molar-refractivity contribution in [1.82, 2.24) is 0 Å². The highest BCUT2D eigenvalue weighted by Crippen LogP contribution is 2.24. The normalized spacial score (nSPS) is 15.8. The van der Waals surface area contributed by atoms with Crippen LogP contribution in [0.15, 0.2) is 30.3 Å². The Balaban J connectivity index is 2.87. The molecule has 1 aromatic carbocycles. The van der Waals surface area contributed by atoms with E-state index in [1.807, 2.05) is 50.0 Å². The summed E-state index contributed by atoms with van der Waals surface area (Å²) >= 11 is 0. The molecule has 3 N–H and O–H groups in total. The zero-order chi connectivity index (χ0) is 11.5. The average Bonchev–Trinajstić information content (AvgIpc) is 2.17. The molecule has 84 valence electrons. The van der Waals surface area contributed by atoms with Crippen LogP contribution in [0, 0.1) is 0 Å². The van der Waals surface area contributed by atoms with Gasteiger partial charge in [0.05, 0.1) is 6.54 Å². The summed E-state index contributed by atoms with van der Waals surface area (Å²) in [5, 5.41) is 10.3. The van der Waals surface area contributed by atoms with Gasteiger partial charge in [-0.3, -0.25) is 0 Å². The van der Waals surface area contributed by atoms with Gasteiger partial charge in [-0.25, -0.2) is 0 Å². The van der Waals surface area contributed by atoms with Gasteiger partial charge < -0.3 is 15.6 Å². The number of nitrogens with two attached hydrogens (primary N) is 1. The standard InChI is InChI=1S/C11H19NO2Si/c1-15(2,3)11(13,9-12)14-10-7-5-4-6-8-10/h4-8,13H,9,12H2,1-3H3/t11-/m1/s1. The molecule has 1 rings (SSSR count). The molecule has 0 spiro atoms. The summed E-state index contributed by atoms with van der Waals surface area (Å²) in [4.78, 5) is 0. The second kappa shape index (κ2) is 4.34. The first-order chi connectivity index (χ1) is 6.89. The van der Waals surface area contributed by atoms with E-state index in [2.05, 4.69) is 0 Å². The first kappa shape index (κ1) is 12.2. The molecule has 0 saturated carbocycles. The molecule has 0 aliphatic rings. The minimum Gasteiger partial charge on any atom is -0.465 e. The number of aliphatic hydroxyl groups is 1. The van der Waals surface area contributed by atoms with E-state index in [-0.39, 0.29) is 6.54 Å². The van der Waals surface area contributed by atoms with Gasteiger partial charge in [0.15, 0.2) is 5.41 Å². The minimum absolute atomic E-state index is 0.123. The maximum Gasteiger partial charge on any atom is 0.199 e. The van der Waals surface area contributed by atoms with Crippen molar-refractivity contribution in [2.24, 2.45) is 5.73 Å². The minimum atomic E-state index is -1.89. The molecular weight excluding hydrogens is 206 g/mol. The highest BCUT2D eigenvalue weighted by Gasteiger charge is 2.43. The van der Waals surface area contributed by atoms with Crippen LogP contribution in [0.25, 0.3) is 0 Å². The first-order valence-corrected chi connectivity index (χ1v) is 8.55. The smallest absolute Gasteiger partial charge is 0.199 e. The molecule has 0 bridgehead atoms. The second-order valence-electron chi connectivity index (χ2n) is 4.65. The van der Waals surface area contributed by atoms with Gasteiger partial charge in [0.1, 0.15) is 13.8 Å². The van der Waals surface area contributed by atoms with Crippen molar-refractivity contribution in [2.75, 3.05) is 6.54 Å². The highest BCUT2D eigenvalue weighted by molar-refractivity contribution is 6.78. The van der Waals surface area contributed by atoms with Crippen molar-refractivity contribution in [3.8, 4) is 5.75 Å². The van der Waals surface area contributed by atoms with E-state index >= 15 is 0 Å². The fourth-order valence-electron chi connectivity index (χ4n) is 1.18. The summed E-state index contributed by atoms with van der Waals surface area (Å²) in [6.45, 7) is 6.21. The zero-order valence-electron chi connectivity index (χ0n) is 9.53. The first-order valence-electron chi connectivity index (χ1n) is 5.05. The maximum absolute atomic E-state index is 10.3. The SMILES string of the molecule is C[Si](C)(C)[C@@](O)(CN)Oc1ccccc1. The number of hydrogen-bond donors (Lipinski definition) is 2. The molecule has 0 saturated heterocycles. The third-order valence-electron chi connectivity index (χ3n) is 2.48. The molecule has 0 aliphatic heterocycles. The predicted molar refractivity (Wildman–Crippen MR) is 64.4 cm³/mol. The van der Waals surface area contributed by atoms with Crippen LogP contribution in [0.3, 0.4) is 0 Å². The Morgan fingerprint density at radius 1 is 1.27 bits per heavy atom. The molecular formula is C11H19NO2Si. The van der Waals surface area contributed by atoms with Crippen molar-refractivity contribution in [3.63, 3.8) is 0 Å². The molecule has 1 atom stereocenters. The predicted octanol–water partition coefficient (Wildman–Crippen LogP) is 1.59. The molecule has 0 amide bonds. The van der Waals surface area contributed by atoms with Gasteiger partial charge >= 0.3 is 0 Å². The topological polar surface area (TPSA) is 55.5 Å². The summed E-state index contributed by atoms with van der Waals surface area (Å²) < 4.78 is 5.61. The number of ether oxygens (including phenoxy) is 1. The van der Waals surface area contributed by atoms with Gasteiger partial charge in [-0.2, -0.15) is 0 Å². The van der Waals surface area contributed by atoms with Crippen LogP contribution in [-0.4, -0.2) is 25.1 Å². The van der Waals surface area contributed by atoms with Gasteiger partial charge in [-0.05, 0) is 12.1 Å². The van der Waals surface area contributed by atoms with Crippen LogP contribution >= 0.6 is 0 Å². The van der Waals surface area contributed by atoms with E-state index in [9.17, 15) is 5.11 Å². The lowest BCUT2D eigenvalue weighted by atomic mass is 10.3. The monoisotopic (exact) mass is 225 g/mol. The Kier molecular flexibility index (Phi) is 3.54. The summed E-state index contributed by atoms with van der Waals surface area (Å²) in [6, 6.07) is 9.29. The third kappa shape index (κ3) is 2.81. The van der Waals surface area contributed by atoms with Crippen molar-refractivity contribution in [2.45, 2.75) is 25.1 Å². The van der Waals surface area contributed by atoms with Gasteiger partial charge in [0, 0.05) is 0 Å². The summed E-state index contributed by atoms with van der Waals surface area (Å²) in [5.41, 5.74) is 4.40. The second-order valence-corrected chi connectivity index (χ2v) is 9.93. The summed E-state index contributed by atoms with van der Waals surface area (Å²) in [6.07, 6.45) is 0. The summed E-state index contributed by atoms with van der Waals surface area (Å²) in [5.74, 6) is 0.660.